The Kier molecular flexibility index (Phi) is 5.53. The Bertz CT molecular complexity index is 697. The topological polar surface area (TPSA) is 35.6 Å². The molecule has 1 aliphatic rings. The number of halogens is 1. The van der Waals surface area contributed by atoms with Crippen molar-refractivity contribution in [2.45, 2.75) is 13.5 Å². The normalized spacial score (nSPS) is 15.3. The molecule has 0 saturated carbocycles. The van der Waals surface area contributed by atoms with Gasteiger partial charge < -0.3 is 10.2 Å². The Morgan fingerprint density at radius 1 is 1.08 bits per heavy atom. The Labute approximate surface area is 151 Å². The summed E-state index contributed by atoms with van der Waals surface area (Å²) in [5, 5.41) is 2.99. The molecule has 1 aliphatic heterocycles. The summed E-state index contributed by atoms with van der Waals surface area (Å²) in [5.74, 6) is 0. The summed E-state index contributed by atoms with van der Waals surface area (Å²) in [6.45, 7) is 6.28. The van der Waals surface area contributed by atoms with E-state index < -0.39 is 0 Å². The van der Waals surface area contributed by atoms with Gasteiger partial charge in [0.15, 0.2) is 0 Å². The first kappa shape index (κ1) is 17.0. The van der Waals surface area contributed by atoms with Crippen LogP contribution in [0.15, 0.2) is 53.0 Å². The van der Waals surface area contributed by atoms with Gasteiger partial charge in [0.25, 0.3) is 0 Å². The fourth-order valence-corrected chi connectivity index (χ4v) is 3.46. The summed E-state index contributed by atoms with van der Waals surface area (Å²) in [6, 6.07) is 16.4. The first-order valence-corrected chi connectivity index (χ1v) is 8.99. The molecule has 24 heavy (non-hydrogen) atoms. The highest BCUT2D eigenvalue weighted by molar-refractivity contribution is 9.10. The number of rotatable bonds is 3. The Hall–Kier alpha value is -1.85. The van der Waals surface area contributed by atoms with Gasteiger partial charge in [0.05, 0.1) is 5.69 Å². The molecule has 2 aromatic carbocycles. The number of piperazine rings is 1. The van der Waals surface area contributed by atoms with Crippen LogP contribution in [0.3, 0.4) is 0 Å². The Morgan fingerprint density at radius 3 is 2.46 bits per heavy atom. The maximum absolute atomic E-state index is 12.4. The van der Waals surface area contributed by atoms with Crippen LogP contribution in [0.5, 0.6) is 0 Å². The largest absolute Gasteiger partial charge is 0.322 e. The first-order valence-electron chi connectivity index (χ1n) is 8.20. The van der Waals surface area contributed by atoms with Crippen molar-refractivity contribution in [2.24, 2.45) is 0 Å². The van der Waals surface area contributed by atoms with Crippen LogP contribution in [0.2, 0.25) is 0 Å². The standard InChI is InChI=1S/C19H22BrN3O/c1-15-7-8-18(17(20)13-15)21-19(24)23-11-9-22(10-12-23)14-16-5-3-2-4-6-16/h2-8,13H,9-12,14H2,1H3,(H,21,24). The van der Waals surface area contributed by atoms with Gasteiger partial charge in [-0.3, -0.25) is 4.90 Å². The molecule has 1 fully saturated rings. The van der Waals surface area contributed by atoms with Gasteiger partial charge >= 0.3 is 6.03 Å². The van der Waals surface area contributed by atoms with E-state index in [0.29, 0.717) is 0 Å². The van der Waals surface area contributed by atoms with Crippen molar-refractivity contribution < 1.29 is 4.79 Å². The second-order valence-electron chi connectivity index (χ2n) is 6.16. The van der Waals surface area contributed by atoms with Crippen LogP contribution >= 0.6 is 15.9 Å². The highest BCUT2D eigenvalue weighted by atomic mass is 79.9. The van der Waals surface area contributed by atoms with E-state index in [0.717, 1.165) is 48.4 Å². The smallest absolute Gasteiger partial charge is 0.321 e. The zero-order valence-corrected chi connectivity index (χ0v) is 15.4. The van der Waals surface area contributed by atoms with Gasteiger partial charge in [-0.1, -0.05) is 36.4 Å². The van der Waals surface area contributed by atoms with E-state index >= 15 is 0 Å². The molecule has 1 N–H and O–H groups in total. The van der Waals surface area contributed by atoms with Crippen molar-refractivity contribution in [3.8, 4) is 0 Å². The Morgan fingerprint density at radius 2 is 1.79 bits per heavy atom. The van der Waals surface area contributed by atoms with E-state index in [4.69, 9.17) is 0 Å². The van der Waals surface area contributed by atoms with Gasteiger partial charge in [-0.15, -0.1) is 0 Å². The lowest BCUT2D eigenvalue weighted by atomic mass is 10.2. The van der Waals surface area contributed by atoms with Crippen molar-refractivity contribution in [1.82, 2.24) is 9.80 Å². The number of nitrogens with zero attached hydrogens (tertiary/aromatic N) is 2. The second kappa shape index (κ2) is 7.81. The number of carbonyl (C=O) groups is 1. The number of anilines is 1. The molecule has 5 heteroatoms. The van der Waals surface area contributed by atoms with Crippen molar-refractivity contribution in [1.29, 1.82) is 0 Å². The zero-order chi connectivity index (χ0) is 16.9. The molecule has 0 aliphatic carbocycles. The Balaban J connectivity index is 1.51. The lowest BCUT2D eigenvalue weighted by Gasteiger charge is -2.34. The van der Waals surface area contributed by atoms with Gasteiger partial charge in [-0.2, -0.15) is 0 Å². The summed E-state index contributed by atoms with van der Waals surface area (Å²) in [6.07, 6.45) is 0. The zero-order valence-electron chi connectivity index (χ0n) is 13.8. The molecule has 4 nitrogen and oxygen atoms in total. The van der Waals surface area contributed by atoms with E-state index in [1.54, 1.807) is 0 Å². The monoisotopic (exact) mass is 387 g/mol. The summed E-state index contributed by atoms with van der Waals surface area (Å²) >= 11 is 3.50. The van der Waals surface area contributed by atoms with Gasteiger partial charge in [-0.25, -0.2) is 4.79 Å². The molecule has 0 radical (unpaired) electrons. The van der Waals surface area contributed by atoms with E-state index in [2.05, 4.69) is 50.4 Å². The van der Waals surface area contributed by atoms with Crippen LogP contribution in [0.4, 0.5) is 10.5 Å². The molecule has 0 aromatic heterocycles. The number of nitrogens with one attached hydrogen (secondary N) is 1. The lowest BCUT2D eigenvalue weighted by molar-refractivity contribution is 0.143. The molecular formula is C19H22BrN3O. The number of aryl methyl sites for hydroxylation is 1. The van der Waals surface area contributed by atoms with Crippen molar-refractivity contribution in [2.75, 3.05) is 31.5 Å². The fourth-order valence-electron chi connectivity index (χ4n) is 2.87. The third-order valence-electron chi connectivity index (χ3n) is 4.27. The van der Waals surface area contributed by atoms with E-state index in [1.165, 1.54) is 5.56 Å². The van der Waals surface area contributed by atoms with Gasteiger partial charge in [0, 0.05) is 37.2 Å². The number of benzene rings is 2. The molecular weight excluding hydrogens is 366 g/mol. The number of hydrogen-bond acceptors (Lipinski definition) is 2. The molecule has 0 atom stereocenters. The minimum Gasteiger partial charge on any atom is -0.322 e. The maximum atomic E-state index is 12.4. The molecule has 3 rings (SSSR count). The van der Waals surface area contributed by atoms with Crippen LogP contribution in [-0.2, 0) is 6.54 Å². The van der Waals surface area contributed by atoms with Crippen LogP contribution in [-0.4, -0.2) is 42.0 Å². The summed E-state index contributed by atoms with van der Waals surface area (Å²) < 4.78 is 0.915. The predicted molar refractivity (Wildman–Crippen MR) is 101 cm³/mol. The quantitative estimate of drug-likeness (QED) is 0.859. The third-order valence-corrected chi connectivity index (χ3v) is 4.93. The van der Waals surface area contributed by atoms with Crippen LogP contribution in [0.25, 0.3) is 0 Å². The number of carbonyl (C=O) groups excluding carboxylic acids is 1. The van der Waals surface area contributed by atoms with Crippen molar-refractivity contribution >= 4 is 27.6 Å². The van der Waals surface area contributed by atoms with E-state index in [-0.39, 0.29) is 6.03 Å². The first-order chi connectivity index (χ1) is 11.6. The van der Waals surface area contributed by atoms with Crippen LogP contribution in [0.1, 0.15) is 11.1 Å². The van der Waals surface area contributed by atoms with Crippen molar-refractivity contribution in [3.05, 3.63) is 64.1 Å². The highest BCUT2D eigenvalue weighted by Gasteiger charge is 2.21. The molecule has 0 bridgehead atoms. The average molecular weight is 388 g/mol. The molecule has 2 amide bonds. The third kappa shape index (κ3) is 4.36. The molecule has 126 valence electrons. The maximum Gasteiger partial charge on any atom is 0.321 e. The second-order valence-corrected chi connectivity index (χ2v) is 7.02. The SMILES string of the molecule is Cc1ccc(NC(=O)N2CCN(Cc3ccccc3)CC2)c(Br)c1. The van der Waals surface area contributed by atoms with Crippen LogP contribution < -0.4 is 5.32 Å². The number of urea groups is 1. The predicted octanol–water partition coefficient (Wildman–Crippen LogP) is 4.11. The molecule has 0 unspecified atom stereocenters. The highest BCUT2D eigenvalue weighted by Crippen LogP contribution is 2.23. The minimum absolute atomic E-state index is 0.0288. The number of hydrogen-bond donors (Lipinski definition) is 1. The van der Waals surface area contributed by atoms with Gasteiger partial charge in [0.1, 0.15) is 0 Å². The number of amides is 2. The molecule has 1 saturated heterocycles. The fraction of sp³-hybridized carbons (Fsp3) is 0.316. The lowest BCUT2D eigenvalue weighted by Crippen LogP contribution is -2.49. The minimum atomic E-state index is -0.0288. The molecule has 0 spiro atoms. The average Bonchev–Trinajstić information content (AvgIpc) is 2.59. The summed E-state index contributed by atoms with van der Waals surface area (Å²) in [7, 11) is 0. The van der Waals surface area contributed by atoms with Gasteiger partial charge in [0.2, 0.25) is 0 Å². The molecule has 2 aromatic rings. The van der Waals surface area contributed by atoms with Crippen molar-refractivity contribution in [3.63, 3.8) is 0 Å². The summed E-state index contributed by atoms with van der Waals surface area (Å²) in [4.78, 5) is 16.7. The molecule has 1 heterocycles. The summed E-state index contributed by atoms with van der Waals surface area (Å²) in [5.41, 5.74) is 3.30. The van der Waals surface area contributed by atoms with Crippen LogP contribution in [0, 0.1) is 6.92 Å². The van der Waals surface area contributed by atoms with E-state index in [1.807, 2.05) is 36.1 Å². The van der Waals surface area contributed by atoms with E-state index in [9.17, 15) is 4.79 Å². The van der Waals surface area contributed by atoms with Gasteiger partial charge in [-0.05, 0) is 46.1 Å².